The van der Waals surface area contributed by atoms with Crippen molar-refractivity contribution in [3.63, 3.8) is 0 Å². The van der Waals surface area contributed by atoms with E-state index >= 15 is 0 Å². The third-order valence-corrected chi connectivity index (χ3v) is 4.57. The predicted molar refractivity (Wildman–Crippen MR) is 89.2 cm³/mol. The van der Waals surface area contributed by atoms with Crippen LogP contribution in [0.3, 0.4) is 0 Å². The van der Waals surface area contributed by atoms with Crippen molar-refractivity contribution in [2.45, 2.75) is 12.8 Å². The summed E-state index contributed by atoms with van der Waals surface area (Å²) in [6, 6.07) is 0. The van der Waals surface area contributed by atoms with Crippen molar-refractivity contribution in [2.24, 2.45) is 0 Å². The first-order chi connectivity index (χ1) is 10.6. The van der Waals surface area contributed by atoms with Gasteiger partial charge in [-0.1, -0.05) is 11.6 Å². The Kier molecular flexibility index (Phi) is 5.00. The number of morpholine rings is 1. The number of nitrogens with zero attached hydrogens (tertiary/aromatic N) is 5. The van der Waals surface area contributed by atoms with Crippen LogP contribution in [0.15, 0.2) is 0 Å². The van der Waals surface area contributed by atoms with Crippen molar-refractivity contribution in [3.05, 3.63) is 10.7 Å². The van der Waals surface area contributed by atoms with E-state index in [2.05, 4.69) is 19.8 Å². The van der Waals surface area contributed by atoms with Crippen molar-refractivity contribution < 1.29 is 4.74 Å². The van der Waals surface area contributed by atoms with E-state index in [0.29, 0.717) is 11.1 Å². The SMILES string of the molecule is CN(C)c1nc(Cl)c2c(n1)N(CCCN1CCOCC1)CC2. The molecule has 0 aliphatic carbocycles. The molecule has 0 spiro atoms. The highest BCUT2D eigenvalue weighted by Crippen LogP contribution is 2.32. The maximum atomic E-state index is 6.31. The maximum absolute atomic E-state index is 6.31. The fourth-order valence-corrected chi connectivity index (χ4v) is 3.25. The van der Waals surface area contributed by atoms with Crippen LogP contribution in [0.25, 0.3) is 0 Å². The number of fused-ring (bicyclic) bond motifs is 1. The minimum Gasteiger partial charge on any atom is -0.379 e. The average Bonchev–Trinajstić information content (AvgIpc) is 2.92. The lowest BCUT2D eigenvalue weighted by molar-refractivity contribution is 0.0376. The van der Waals surface area contributed by atoms with Crippen LogP contribution in [0.5, 0.6) is 0 Å². The van der Waals surface area contributed by atoms with Crippen molar-refractivity contribution in [3.8, 4) is 0 Å². The molecule has 1 aromatic rings. The van der Waals surface area contributed by atoms with Crippen LogP contribution < -0.4 is 9.80 Å². The van der Waals surface area contributed by atoms with Gasteiger partial charge in [-0.3, -0.25) is 4.90 Å². The number of anilines is 2. The van der Waals surface area contributed by atoms with E-state index in [1.807, 2.05) is 19.0 Å². The van der Waals surface area contributed by atoms with Crippen LogP contribution in [0, 0.1) is 0 Å². The first-order valence-electron chi connectivity index (χ1n) is 7.94. The summed E-state index contributed by atoms with van der Waals surface area (Å²) in [4.78, 5) is 15.8. The molecule has 22 heavy (non-hydrogen) atoms. The van der Waals surface area contributed by atoms with Crippen molar-refractivity contribution in [1.29, 1.82) is 0 Å². The summed E-state index contributed by atoms with van der Waals surface area (Å²) in [6.07, 6.45) is 2.08. The second kappa shape index (κ2) is 6.98. The Hall–Kier alpha value is -1.11. The number of halogens is 1. The summed E-state index contributed by atoms with van der Waals surface area (Å²) >= 11 is 6.31. The van der Waals surface area contributed by atoms with Gasteiger partial charge in [0.25, 0.3) is 0 Å². The van der Waals surface area contributed by atoms with E-state index in [-0.39, 0.29) is 0 Å². The minimum atomic E-state index is 0.601. The predicted octanol–water partition coefficient (Wildman–Crippen LogP) is 1.28. The molecular weight excluding hydrogens is 302 g/mol. The number of hydrogen-bond donors (Lipinski definition) is 0. The standard InChI is InChI=1S/C15H24ClN5O/c1-19(2)15-17-13(16)12-4-7-21(14(12)18-15)6-3-5-20-8-10-22-11-9-20/h3-11H2,1-2H3. The lowest BCUT2D eigenvalue weighted by Crippen LogP contribution is -2.38. The second-order valence-electron chi connectivity index (χ2n) is 6.06. The van der Waals surface area contributed by atoms with Crippen LogP contribution in [-0.4, -0.2) is 74.9 Å². The van der Waals surface area contributed by atoms with Crippen LogP contribution in [-0.2, 0) is 11.2 Å². The molecule has 0 amide bonds. The van der Waals surface area contributed by atoms with E-state index in [1.54, 1.807) is 0 Å². The van der Waals surface area contributed by atoms with Crippen molar-refractivity contribution in [2.75, 3.05) is 69.8 Å². The van der Waals surface area contributed by atoms with Gasteiger partial charge in [0.15, 0.2) is 0 Å². The van der Waals surface area contributed by atoms with Gasteiger partial charge in [-0.15, -0.1) is 0 Å². The Balaban J connectivity index is 1.60. The Bertz CT molecular complexity index is 519. The van der Waals surface area contributed by atoms with Crippen LogP contribution in [0.1, 0.15) is 12.0 Å². The first-order valence-corrected chi connectivity index (χ1v) is 8.32. The summed E-state index contributed by atoms with van der Waals surface area (Å²) in [7, 11) is 3.88. The molecule has 0 unspecified atom stereocenters. The Labute approximate surface area is 137 Å². The fraction of sp³-hybridized carbons (Fsp3) is 0.733. The summed E-state index contributed by atoms with van der Waals surface area (Å²) in [5.74, 6) is 1.70. The zero-order valence-corrected chi connectivity index (χ0v) is 14.1. The highest BCUT2D eigenvalue weighted by molar-refractivity contribution is 6.30. The lowest BCUT2D eigenvalue weighted by Gasteiger charge is -2.27. The van der Waals surface area contributed by atoms with E-state index < -0.39 is 0 Å². The monoisotopic (exact) mass is 325 g/mol. The number of ether oxygens (including phenoxy) is 1. The van der Waals surface area contributed by atoms with Gasteiger partial charge >= 0.3 is 0 Å². The molecular formula is C15H24ClN5O. The topological polar surface area (TPSA) is 44.7 Å². The van der Waals surface area contributed by atoms with Crippen LogP contribution in [0.2, 0.25) is 5.15 Å². The third-order valence-electron chi connectivity index (χ3n) is 4.26. The van der Waals surface area contributed by atoms with Gasteiger partial charge < -0.3 is 14.5 Å². The summed E-state index contributed by atoms with van der Waals surface area (Å²) < 4.78 is 5.39. The summed E-state index contributed by atoms with van der Waals surface area (Å²) in [5, 5.41) is 0.601. The lowest BCUT2D eigenvalue weighted by atomic mass is 10.3. The number of rotatable bonds is 5. The molecule has 6 nitrogen and oxygen atoms in total. The van der Waals surface area contributed by atoms with Gasteiger partial charge in [-0.2, -0.15) is 4.98 Å². The molecule has 1 saturated heterocycles. The molecule has 3 heterocycles. The Morgan fingerprint density at radius 2 is 1.91 bits per heavy atom. The second-order valence-corrected chi connectivity index (χ2v) is 6.41. The smallest absolute Gasteiger partial charge is 0.228 e. The van der Waals surface area contributed by atoms with E-state index in [1.165, 1.54) is 0 Å². The molecule has 0 saturated carbocycles. The Morgan fingerprint density at radius 1 is 1.14 bits per heavy atom. The highest BCUT2D eigenvalue weighted by Gasteiger charge is 2.25. The summed E-state index contributed by atoms with van der Waals surface area (Å²) in [5.41, 5.74) is 1.10. The zero-order chi connectivity index (χ0) is 15.5. The molecule has 0 radical (unpaired) electrons. The molecule has 7 heteroatoms. The van der Waals surface area contributed by atoms with Gasteiger partial charge in [-0.05, 0) is 12.8 Å². The molecule has 3 rings (SSSR count). The number of hydrogen-bond acceptors (Lipinski definition) is 6. The molecule has 0 atom stereocenters. The van der Waals surface area contributed by atoms with E-state index in [4.69, 9.17) is 16.3 Å². The third kappa shape index (κ3) is 3.45. The largest absolute Gasteiger partial charge is 0.379 e. The minimum absolute atomic E-state index is 0.601. The van der Waals surface area contributed by atoms with E-state index in [9.17, 15) is 0 Å². The summed E-state index contributed by atoms with van der Waals surface area (Å²) in [6.45, 7) is 6.96. The molecule has 2 aliphatic rings. The van der Waals surface area contributed by atoms with Crippen molar-refractivity contribution >= 4 is 23.4 Å². The normalized spacial score (nSPS) is 18.6. The molecule has 0 N–H and O–H groups in total. The first kappa shape index (κ1) is 15.8. The average molecular weight is 326 g/mol. The maximum Gasteiger partial charge on any atom is 0.228 e. The van der Waals surface area contributed by atoms with Crippen molar-refractivity contribution in [1.82, 2.24) is 14.9 Å². The fourth-order valence-electron chi connectivity index (χ4n) is 2.99. The highest BCUT2D eigenvalue weighted by atomic mass is 35.5. The van der Waals surface area contributed by atoms with Crippen LogP contribution >= 0.6 is 11.6 Å². The molecule has 2 aliphatic heterocycles. The van der Waals surface area contributed by atoms with Gasteiger partial charge in [0.1, 0.15) is 11.0 Å². The zero-order valence-electron chi connectivity index (χ0n) is 13.4. The van der Waals surface area contributed by atoms with Gasteiger partial charge in [-0.25, -0.2) is 4.98 Å². The van der Waals surface area contributed by atoms with E-state index in [0.717, 1.165) is 70.2 Å². The molecule has 0 aromatic carbocycles. The quantitative estimate of drug-likeness (QED) is 0.760. The molecule has 122 valence electrons. The van der Waals surface area contributed by atoms with Gasteiger partial charge in [0.2, 0.25) is 5.95 Å². The van der Waals surface area contributed by atoms with Gasteiger partial charge in [0.05, 0.1) is 13.2 Å². The molecule has 0 bridgehead atoms. The molecule has 1 fully saturated rings. The van der Waals surface area contributed by atoms with Gasteiger partial charge in [0, 0.05) is 52.4 Å². The van der Waals surface area contributed by atoms with Crippen LogP contribution in [0.4, 0.5) is 11.8 Å². The molecule has 1 aromatic heterocycles. The Morgan fingerprint density at radius 3 is 2.64 bits per heavy atom. The number of aromatic nitrogens is 2.